The van der Waals surface area contributed by atoms with Gasteiger partial charge in [-0.05, 0) is 58.3 Å². The van der Waals surface area contributed by atoms with Crippen LogP contribution in [0.3, 0.4) is 0 Å². The summed E-state index contributed by atoms with van der Waals surface area (Å²) < 4.78 is 1.12. The number of fused-ring (bicyclic) bond motifs is 1. The highest BCUT2D eigenvalue weighted by molar-refractivity contribution is 7.99. The second-order valence-corrected chi connectivity index (χ2v) is 9.26. The third kappa shape index (κ3) is 5.80. The average Bonchev–Trinajstić information content (AvgIpc) is 3.10. The van der Waals surface area contributed by atoms with Crippen molar-refractivity contribution in [2.24, 2.45) is 0 Å². The van der Waals surface area contributed by atoms with Crippen LogP contribution in [-0.4, -0.2) is 48.7 Å². The van der Waals surface area contributed by atoms with Gasteiger partial charge in [0.2, 0.25) is 5.91 Å². The Kier molecular flexibility index (Phi) is 7.48. The molecule has 28 heavy (non-hydrogen) atoms. The fraction of sp³-hybridized carbons (Fsp3) is 0.364. The average molecular weight is 414 g/mol. The third-order valence-corrected chi connectivity index (χ3v) is 6.48. The van der Waals surface area contributed by atoms with Crippen molar-refractivity contribution in [3.63, 3.8) is 0 Å². The van der Waals surface area contributed by atoms with Crippen molar-refractivity contribution in [1.82, 2.24) is 9.88 Å². The van der Waals surface area contributed by atoms with Crippen molar-refractivity contribution in [2.45, 2.75) is 24.7 Å². The van der Waals surface area contributed by atoms with Gasteiger partial charge in [-0.25, -0.2) is 4.98 Å². The van der Waals surface area contributed by atoms with Gasteiger partial charge in [0.1, 0.15) is 0 Å². The number of carbonyl (C=O) groups is 1. The first-order valence-electron chi connectivity index (χ1n) is 9.53. The number of carbonyl (C=O) groups excluding carboxylic acids is 1. The molecule has 0 spiro atoms. The van der Waals surface area contributed by atoms with Crippen molar-refractivity contribution in [2.75, 3.05) is 37.8 Å². The Labute approximate surface area is 175 Å². The number of hydrogen-bond acceptors (Lipinski definition) is 5. The maximum absolute atomic E-state index is 13.0. The van der Waals surface area contributed by atoms with Crippen LogP contribution in [0, 0.1) is 6.92 Å². The number of nitrogens with zero attached hydrogens (tertiary/aromatic N) is 3. The Bertz CT molecular complexity index is 873. The minimum atomic E-state index is 0.150. The van der Waals surface area contributed by atoms with Crippen LogP contribution in [0.4, 0.5) is 5.13 Å². The van der Waals surface area contributed by atoms with E-state index in [1.807, 2.05) is 23.1 Å². The fourth-order valence-corrected chi connectivity index (χ4v) is 4.72. The molecule has 1 heterocycles. The molecule has 3 aromatic rings. The molecule has 0 atom stereocenters. The molecule has 0 saturated carbocycles. The van der Waals surface area contributed by atoms with Gasteiger partial charge in [0, 0.05) is 23.6 Å². The number of para-hydroxylation sites is 1. The second-order valence-electron chi connectivity index (χ2n) is 7.08. The van der Waals surface area contributed by atoms with E-state index in [1.165, 1.54) is 10.5 Å². The molecule has 0 fully saturated rings. The van der Waals surface area contributed by atoms with Gasteiger partial charge in [-0.3, -0.25) is 9.69 Å². The smallest absolute Gasteiger partial charge is 0.229 e. The summed E-state index contributed by atoms with van der Waals surface area (Å²) in [5.74, 6) is 0.925. The Morgan fingerprint density at radius 1 is 1.07 bits per heavy atom. The minimum Gasteiger partial charge on any atom is -0.309 e. The molecule has 1 aromatic heterocycles. The van der Waals surface area contributed by atoms with Gasteiger partial charge in [-0.2, -0.15) is 0 Å². The monoisotopic (exact) mass is 413 g/mol. The van der Waals surface area contributed by atoms with Gasteiger partial charge >= 0.3 is 0 Å². The second kappa shape index (κ2) is 10.0. The molecule has 148 valence electrons. The fourth-order valence-electron chi connectivity index (χ4n) is 2.87. The van der Waals surface area contributed by atoms with E-state index in [4.69, 9.17) is 4.98 Å². The van der Waals surface area contributed by atoms with E-state index < -0.39 is 0 Å². The highest BCUT2D eigenvalue weighted by Gasteiger charge is 2.19. The maximum atomic E-state index is 13.0. The highest BCUT2D eigenvalue weighted by Crippen LogP contribution is 2.29. The molecule has 0 saturated heterocycles. The third-order valence-electron chi connectivity index (χ3n) is 4.41. The molecule has 0 bridgehead atoms. The first-order valence-corrected chi connectivity index (χ1v) is 11.3. The Morgan fingerprint density at radius 2 is 1.82 bits per heavy atom. The summed E-state index contributed by atoms with van der Waals surface area (Å²) in [6, 6.07) is 16.5. The van der Waals surface area contributed by atoms with Crippen LogP contribution in [0.5, 0.6) is 0 Å². The first kappa shape index (κ1) is 20.8. The lowest BCUT2D eigenvalue weighted by Gasteiger charge is -2.21. The lowest BCUT2D eigenvalue weighted by atomic mass is 10.2. The van der Waals surface area contributed by atoms with E-state index in [-0.39, 0.29) is 5.91 Å². The van der Waals surface area contributed by atoms with Crippen LogP contribution in [0.2, 0.25) is 0 Å². The van der Waals surface area contributed by atoms with Gasteiger partial charge in [0.15, 0.2) is 5.13 Å². The summed E-state index contributed by atoms with van der Waals surface area (Å²) in [7, 11) is 4.12. The van der Waals surface area contributed by atoms with Gasteiger partial charge < -0.3 is 4.90 Å². The van der Waals surface area contributed by atoms with Gasteiger partial charge in [0.05, 0.1) is 10.2 Å². The van der Waals surface area contributed by atoms with Crippen LogP contribution in [0.1, 0.15) is 18.4 Å². The molecule has 0 aliphatic carbocycles. The predicted octanol–water partition coefficient (Wildman–Crippen LogP) is 5.07. The van der Waals surface area contributed by atoms with Crippen LogP contribution >= 0.6 is 23.1 Å². The molecule has 0 aliphatic heterocycles. The van der Waals surface area contributed by atoms with E-state index in [0.29, 0.717) is 13.0 Å². The Balaban J connectivity index is 1.66. The van der Waals surface area contributed by atoms with E-state index in [2.05, 4.69) is 56.3 Å². The SMILES string of the molecule is Cc1ccc(SCCC(=O)N(CCCN(C)C)c2nc3ccccc3s2)cc1. The normalized spacial score (nSPS) is 11.3. The molecule has 2 aromatic carbocycles. The number of aromatic nitrogens is 1. The predicted molar refractivity (Wildman–Crippen MR) is 122 cm³/mol. The van der Waals surface area contributed by atoms with Crippen molar-refractivity contribution in [3.8, 4) is 0 Å². The van der Waals surface area contributed by atoms with Crippen LogP contribution in [-0.2, 0) is 4.79 Å². The van der Waals surface area contributed by atoms with Crippen LogP contribution in [0.15, 0.2) is 53.4 Å². The molecule has 1 amide bonds. The first-order chi connectivity index (χ1) is 13.5. The zero-order valence-electron chi connectivity index (χ0n) is 16.7. The van der Waals surface area contributed by atoms with Crippen LogP contribution < -0.4 is 4.90 Å². The molecule has 0 radical (unpaired) electrons. The lowest BCUT2D eigenvalue weighted by Crippen LogP contribution is -2.33. The van der Waals surface area contributed by atoms with Crippen molar-refractivity contribution < 1.29 is 4.79 Å². The topological polar surface area (TPSA) is 36.4 Å². The lowest BCUT2D eigenvalue weighted by molar-refractivity contribution is -0.118. The number of rotatable bonds is 9. The van der Waals surface area contributed by atoms with Crippen molar-refractivity contribution in [1.29, 1.82) is 0 Å². The minimum absolute atomic E-state index is 0.150. The van der Waals surface area contributed by atoms with E-state index >= 15 is 0 Å². The standard InChI is InChI=1S/C22H27N3OS2/c1-17-9-11-18(12-10-17)27-16-13-21(26)25(15-6-14-24(2)3)22-23-19-7-4-5-8-20(19)28-22/h4-5,7-12H,6,13-16H2,1-3H3. The maximum Gasteiger partial charge on any atom is 0.229 e. The number of amides is 1. The molecule has 0 aliphatic rings. The largest absolute Gasteiger partial charge is 0.309 e. The number of thioether (sulfide) groups is 1. The van der Waals surface area contributed by atoms with E-state index in [0.717, 1.165) is 34.1 Å². The summed E-state index contributed by atoms with van der Waals surface area (Å²) in [6.07, 6.45) is 1.44. The Hall–Kier alpha value is -1.89. The molecule has 0 N–H and O–H groups in total. The number of anilines is 1. The van der Waals surface area contributed by atoms with Crippen molar-refractivity contribution >= 4 is 44.4 Å². The van der Waals surface area contributed by atoms with E-state index in [1.54, 1.807) is 23.1 Å². The van der Waals surface area contributed by atoms with Gasteiger partial charge in [0.25, 0.3) is 0 Å². The summed E-state index contributed by atoms with van der Waals surface area (Å²) in [6.45, 7) is 3.74. The summed E-state index contributed by atoms with van der Waals surface area (Å²) >= 11 is 3.33. The molecular weight excluding hydrogens is 386 g/mol. The molecular formula is C22H27N3OS2. The number of benzene rings is 2. The highest BCUT2D eigenvalue weighted by atomic mass is 32.2. The Morgan fingerprint density at radius 3 is 2.54 bits per heavy atom. The van der Waals surface area contributed by atoms with Gasteiger partial charge in [-0.1, -0.05) is 41.2 Å². The van der Waals surface area contributed by atoms with Crippen LogP contribution in [0.25, 0.3) is 10.2 Å². The number of hydrogen-bond donors (Lipinski definition) is 0. The van der Waals surface area contributed by atoms with Gasteiger partial charge in [-0.15, -0.1) is 11.8 Å². The quantitative estimate of drug-likeness (QED) is 0.459. The molecule has 3 rings (SSSR count). The van der Waals surface area contributed by atoms with E-state index in [9.17, 15) is 4.79 Å². The molecule has 6 heteroatoms. The summed E-state index contributed by atoms with van der Waals surface area (Å²) in [4.78, 5) is 22.9. The summed E-state index contributed by atoms with van der Waals surface area (Å²) in [5, 5.41) is 0.810. The number of aryl methyl sites for hydroxylation is 1. The summed E-state index contributed by atoms with van der Waals surface area (Å²) in [5.41, 5.74) is 2.21. The zero-order valence-corrected chi connectivity index (χ0v) is 18.4. The van der Waals surface area contributed by atoms with Crippen molar-refractivity contribution in [3.05, 3.63) is 54.1 Å². The molecule has 4 nitrogen and oxygen atoms in total. The zero-order chi connectivity index (χ0) is 19.9. The number of thiazole rings is 1. The molecule has 0 unspecified atom stereocenters.